The van der Waals surface area contributed by atoms with E-state index >= 15 is 0 Å². The van der Waals surface area contributed by atoms with Crippen molar-refractivity contribution in [3.8, 4) is 0 Å². The van der Waals surface area contributed by atoms with Gasteiger partial charge < -0.3 is 10.5 Å². The van der Waals surface area contributed by atoms with Crippen molar-refractivity contribution in [3.05, 3.63) is 11.8 Å². The van der Waals surface area contributed by atoms with E-state index in [1.54, 1.807) is 6.07 Å². The third-order valence-corrected chi connectivity index (χ3v) is 3.29. The molecule has 1 aliphatic heterocycles. The van der Waals surface area contributed by atoms with Gasteiger partial charge in [-0.3, -0.25) is 4.79 Å². The SMILES string of the molecule is Cc1cc(N)nc(S[C@@H]2C[C@H](C)OC2=O)n1. The maximum atomic E-state index is 11.4. The van der Waals surface area contributed by atoms with Crippen LogP contribution in [0.15, 0.2) is 11.2 Å². The molecule has 6 heteroatoms. The Balaban J connectivity index is 2.12. The Bertz CT molecular complexity index is 404. The molecule has 1 aromatic rings. The second-order valence-corrected chi connectivity index (χ2v) is 4.98. The maximum absolute atomic E-state index is 11.4. The molecule has 2 atom stereocenters. The topological polar surface area (TPSA) is 78.1 Å². The van der Waals surface area contributed by atoms with Crippen molar-refractivity contribution in [3.63, 3.8) is 0 Å². The van der Waals surface area contributed by atoms with Gasteiger partial charge in [0, 0.05) is 18.2 Å². The van der Waals surface area contributed by atoms with E-state index in [9.17, 15) is 4.79 Å². The average molecular weight is 239 g/mol. The number of aromatic nitrogens is 2. The van der Waals surface area contributed by atoms with Crippen LogP contribution in [0.2, 0.25) is 0 Å². The number of nitrogens with two attached hydrogens (primary N) is 1. The van der Waals surface area contributed by atoms with Gasteiger partial charge in [-0.05, 0) is 13.8 Å². The highest BCUT2D eigenvalue weighted by Crippen LogP contribution is 2.30. The summed E-state index contributed by atoms with van der Waals surface area (Å²) in [6.45, 7) is 3.72. The zero-order chi connectivity index (χ0) is 11.7. The number of ether oxygens (including phenoxy) is 1. The number of cyclic esters (lactones) is 1. The van der Waals surface area contributed by atoms with Gasteiger partial charge in [0.1, 0.15) is 17.2 Å². The van der Waals surface area contributed by atoms with E-state index in [-0.39, 0.29) is 17.3 Å². The second kappa shape index (κ2) is 4.29. The van der Waals surface area contributed by atoms with Crippen LogP contribution in [0.5, 0.6) is 0 Å². The molecular weight excluding hydrogens is 226 g/mol. The van der Waals surface area contributed by atoms with Gasteiger partial charge in [-0.15, -0.1) is 0 Å². The molecule has 2 rings (SSSR count). The standard InChI is InChI=1S/C10H13N3O2S/c1-5-3-8(11)13-10(12-5)16-7-4-6(2)15-9(7)14/h3,6-7H,4H2,1-2H3,(H2,11,12,13)/t6-,7+/m0/s1. The van der Waals surface area contributed by atoms with Gasteiger partial charge in [-0.25, -0.2) is 9.97 Å². The average Bonchev–Trinajstić information content (AvgIpc) is 2.43. The molecule has 0 unspecified atom stereocenters. The smallest absolute Gasteiger partial charge is 0.319 e. The van der Waals surface area contributed by atoms with Gasteiger partial charge >= 0.3 is 5.97 Å². The fourth-order valence-corrected chi connectivity index (χ4v) is 2.69. The van der Waals surface area contributed by atoms with Crippen molar-refractivity contribution in [2.45, 2.75) is 36.8 Å². The number of carbonyl (C=O) groups is 1. The predicted octanol–water partition coefficient (Wildman–Crippen LogP) is 1.16. The number of rotatable bonds is 2. The van der Waals surface area contributed by atoms with E-state index in [1.807, 2.05) is 13.8 Å². The minimum atomic E-state index is -0.212. The summed E-state index contributed by atoms with van der Waals surface area (Å²) >= 11 is 1.31. The van der Waals surface area contributed by atoms with Crippen LogP contribution < -0.4 is 5.73 Å². The normalized spacial score (nSPS) is 24.5. The molecule has 0 spiro atoms. The molecule has 1 aliphatic rings. The fourth-order valence-electron chi connectivity index (χ4n) is 1.56. The number of thioether (sulfide) groups is 1. The number of anilines is 1. The predicted molar refractivity (Wildman–Crippen MR) is 61.0 cm³/mol. The third kappa shape index (κ3) is 2.44. The molecule has 1 fully saturated rings. The number of hydrogen-bond acceptors (Lipinski definition) is 6. The quantitative estimate of drug-likeness (QED) is 0.616. The number of aryl methyl sites for hydroxylation is 1. The van der Waals surface area contributed by atoms with Crippen molar-refractivity contribution in [2.75, 3.05) is 5.73 Å². The first kappa shape index (κ1) is 11.2. The summed E-state index contributed by atoms with van der Waals surface area (Å²) in [5, 5.41) is 0.324. The second-order valence-electron chi connectivity index (χ2n) is 3.81. The lowest BCUT2D eigenvalue weighted by Crippen LogP contribution is -2.10. The molecule has 16 heavy (non-hydrogen) atoms. The van der Waals surface area contributed by atoms with Gasteiger partial charge in [-0.1, -0.05) is 11.8 Å². The largest absolute Gasteiger partial charge is 0.462 e. The zero-order valence-electron chi connectivity index (χ0n) is 9.14. The van der Waals surface area contributed by atoms with E-state index in [2.05, 4.69) is 9.97 Å². The van der Waals surface area contributed by atoms with Crippen molar-refractivity contribution < 1.29 is 9.53 Å². The monoisotopic (exact) mass is 239 g/mol. The van der Waals surface area contributed by atoms with E-state index in [4.69, 9.17) is 10.5 Å². The molecule has 0 amide bonds. The molecule has 0 radical (unpaired) electrons. The lowest BCUT2D eigenvalue weighted by atomic mass is 10.3. The molecule has 86 valence electrons. The molecule has 5 nitrogen and oxygen atoms in total. The van der Waals surface area contributed by atoms with Gasteiger partial charge in [0.25, 0.3) is 0 Å². The Hall–Kier alpha value is -1.30. The Kier molecular flexibility index (Phi) is 3.00. The summed E-state index contributed by atoms with van der Waals surface area (Å²) in [6.07, 6.45) is 0.674. The van der Waals surface area contributed by atoms with Crippen LogP contribution in [0.1, 0.15) is 19.0 Å². The number of nitrogens with zero attached hydrogens (tertiary/aromatic N) is 2. The van der Waals surface area contributed by atoms with E-state index < -0.39 is 0 Å². The van der Waals surface area contributed by atoms with Crippen LogP contribution in [0.25, 0.3) is 0 Å². The molecule has 1 aromatic heterocycles. The van der Waals surface area contributed by atoms with E-state index in [1.165, 1.54) is 11.8 Å². The van der Waals surface area contributed by atoms with Crippen LogP contribution in [-0.2, 0) is 9.53 Å². The lowest BCUT2D eigenvalue weighted by molar-refractivity contribution is -0.140. The van der Waals surface area contributed by atoms with Crippen LogP contribution in [0, 0.1) is 6.92 Å². The summed E-state index contributed by atoms with van der Waals surface area (Å²) in [5.74, 6) is 0.232. The number of carbonyl (C=O) groups excluding carboxylic acids is 1. The highest BCUT2D eigenvalue weighted by molar-refractivity contribution is 8.00. The minimum Gasteiger partial charge on any atom is -0.462 e. The Morgan fingerprint density at radius 2 is 2.31 bits per heavy atom. The third-order valence-electron chi connectivity index (χ3n) is 2.23. The summed E-state index contributed by atoms with van der Waals surface area (Å²) in [5.41, 5.74) is 6.42. The summed E-state index contributed by atoms with van der Waals surface area (Å²) in [6, 6.07) is 1.69. The van der Waals surface area contributed by atoms with Crippen molar-refractivity contribution >= 4 is 23.5 Å². The van der Waals surface area contributed by atoms with Crippen LogP contribution in [0.3, 0.4) is 0 Å². The van der Waals surface area contributed by atoms with Gasteiger partial charge in [0.15, 0.2) is 5.16 Å². The van der Waals surface area contributed by atoms with Crippen LogP contribution in [-0.4, -0.2) is 27.3 Å². The van der Waals surface area contributed by atoms with E-state index in [0.29, 0.717) is 17.4 Å². The van der Waals surface area contributed by atoms with Gasteiger partial charge in [0.2, 0.25) is 0 Å². The van der Waals surface area contributed by atoms with Gasteiger partial charge in [0.05, 0.1) is 0 Å². The molecule has 0 aliphatic carbocycles. The highest BCUT2D eigenvalue weighted by atomic mass is 32.2. The minimum absolute atomic E-state index is 0.0212. The van der Waals surface area contributed by atoms with Crippen molar-refractivity contribution in [2.24, 2.45) is 0 Å². The molecule has 1 saturated heterocycles. The number of hydrogen-bond donors (Lipinski definition) is 1. The molecule has 2 N–H and O–H groups in total. The van der Waals surface area contributed by atoms with Crippen LogP contribution >= 0.6 is 11.8 Å². The van der Waals surface area contributed by atoms with Crippen molar-refractivity contribution in [1.82, 2.24) is 9.97 Å². The number of esters is 1. The lowest BCUT2D eigenvalue weighted by Gasteiger charge is -2.05. The summed E-state index contributed by atoms with van der Waals surface area (Å²) < 4.78 is 5.06. The molecule has 2 heterocycles. The maximum Gasteiger partial charge on any atom is 0.319 e. The first-order chi connectivity index (χ1) is 7.54. The molecule has 0 aromatic carbocycles. The summed E-state index contributed by atoms with van der Waals surface area (Å²) in [4.78, 5) is 19.7. The fraction of sp³-hybridized carbons (Fsp3) is 0.500. The highest BCUT2D eigenvalue weighted by Gasteiger charge is 2.33. The molecule has 0 bridgehead atoms. The molecule has 0 saturated carbocycles. The van der Waals surface area contributed by atoms with Crippen LogP contribution in [0.4, 0.5) is 5.82 Å². The Labute approximate surface area is 97.8 Å². The summed E-state index contributed by atoms with van der Waals surface area (Å²) in [7, 11) is 0. The van der Waals surface area contributed by atoms with Gasteiger partial charge in [-0.2, -0.15) is 0 Å². The molecular formula is C10H13N3O2S. The zero-order valence-corrected chi connectivity index (χ0v) is 9.95. The Morgan fingerprint density at radius 1 is 1.56 bits per heavy atom. The van der Waals surface area contributed by atoms with E-state index in [0.717, 1.165) is 5.69 Å². The first-order valence-corrected chi connectivity index (χ1v) is 5.91. The first-order valence-electron chi connectivity index (χ1n) is 5.03. The number of nitrogen functional groups attached to an aromatic ring is 1. The van der Waals surface area contributed by atoms with Crippen molar-refractivity contribution in [1.29, 1.82) is 0 Å². The Morgan fingerprint density at radius 3 is 2.88 bits per heavy atom.